The van der Waals surface area contributed by atoms with Gasteiger partial charge in [-0.2, -0.15) is 5.10 Å². The lowest BCUT2D eigenvalue weighted by Crippen LogP contribution is -2.26. The van der Waals surface area contributed by atoms with E-state index in [-0.39, 0.29) is 11.3 Å². The molecule has 1 unspecified atom stereocenters. The molecule has 1 aliphatic carbocycles. The second-order valence-corrected chi connectivity index (χ2v) is 5.85. The molecule has 0 bridgehead atoms. The number of ketones is 1. The quantitative estimate of drug-likeness (QED) is 0.803. The summed E-state index contributed by atoms with van der Waals surface area (Å²) in [7, 11) is 1.93. The second kappa shape index (κ2) is 4.63. The molecule has 0 N–H and O–H groups in total. The maximum absolute atomic E-state index is 12.2. The standard InChI is InChI=1S/C14H22N2O/c1-14(2)9-4-5-12(14)13(17)7-6-11-8-10-15-16(11)3/h8,10,12H,4-7,9H2,1-3H3. The Bertz CT molecular complexity index is 406. The van der Waals surface area contributed by atoms with E-state index in [1.165, 1.54) is 12.8 Å². The predicted octanol–water partition coefficient (Wildman–Crippen LogP) is 2.75. The molecule has 0 saturated heterocycles. The Morgan fingerprint density at radius 2 is 2.35 bits per heavy atom. The average Bonchev–Trinajstić information content (AvgIpc) is 2.81. The molecule has 94 valence electrons. The van der Waals surface area contributed by atoms with Crippen LogP contribution in [0.1, 0.15) is 45.2 Å². The first kappa shape index (κ1) is 12.3. The molecule has 0 radical (unpaired) electrons. The van der Waals surface area contributed by atoms with E-state index in [0.717, 1.165) is 18.5 Å². The van der Waals surface area contributed by atoms with Crippen LogP contribution in [0.15, 0.2) is 12.3 Å². The predicted molar refractivity (Wildman–Crippen MR) is 67.7 cm³/mol. The number of rotatable bonds is 4. The van der Waals surface area contributed by atoms with E-state index >= 15 is 0 Å². The molecule has 3 nitrogen and oxygen atoms in total. The van der Waals surface area contributed by atoms with Gasteiger partial charge in [0, 0.05) is 31.3 Å². The Labute approximate surface area is 103 Å². The van der Waals surface area contributed by atoms with Gasteiger partial charge in [-0.05, 0) is 30.7 Å². The normalized spacial score (nSPS) is 22.9. The van der Waals surface area contributed by atoms with Crippen molar-refractivity contribution in [2.75, 3.05) is 0 Å². The van der Waals surface area contributed by atoms with Gasteiger partial charge in [-0.15, -0.1) is 0 Å². The van der Waals surface area contributed by atoms with Crippen molar-refractivity contribution in [3.05, 3.63) is 18.0 Å². The third kappa shape index (κ3) is 2.59. The van der Waals surface area contributed by atoms with Gasteiger partial charge in [0.2, 0.25) is 0 Å². The van der Waals surface area contributed by atoms with Crippen LogP contribution in [0.5, 0.6) is 0 Å². The topological polar surface area (TPSA) is 34.9 Å². The largest absolute Gasteiger partial charge is 0.299 e. The summed E-state index contributed by atoms with van der Waals surface area (Å²) in [5, 5.41) is 4.13. The molecule has 17 heavy (non-hydrogen) atoms. The maximum Gasteiger partial charge on any atom is 0.136 e. The third-order valence-corrected chi connectivity index (χ3v) is 4.20. The fraction of sp³-hybridized carbons (Fsp3) is 0.714. The second-order valence-electron chi connectivity index (χ2n) is 5.85. The maximum atomic E-state index is 12.2. The van der Waals surface area contributed by atoms with Gasteiger partial charge in [0.25, 0.3) is 0 Å². The van der Waals surface area contributed by atoms with Crippen LogP contribution < -0.4 is 0 Å². The summed E-state index contributed by atoms with van der Waals surface area (Å²) in [4.78, 5) is 12.2. The van der Waals surface area contributed by atoms with Crippen LogP contribution in [0, 0.1) is 11.3 Å². The fourth-order valence-corrected chi connectivity index (χ4v) is 3.00. The average molecular weight is 234 g/mol. The highest BCUT2D eigenvalue weighted by molar-refractivity contribution is 5.82. The van der Waals surface area contributed by atoms with Gasteiger partial charge in [0.1, 0.15) is 5.78 Å². The lowest BCUT2D eigenvalue weighted by atomic mass is 9.78. The Hall–Kier alpha value is -1.12. The molecule has 0 aromatic carbocycles. The Morgan fingerprint density at radius 3 is 2.88 bits per heavy atom. The zero-order chi connectivity index (χ0) is 12.5. The molecule has 1 aromatic rings. The number of aromatic nitrogens is 2. The number of nitrogens with zero attached hydrogens (tertiary/aromatic N) is 2. The van der Waals surface area contributed by atoms with E-state index in [9.17, 15) is 4.79 Å². The summed E-state index contributed by atoms with van der Waals surface area (Å²) in [5.41, 5.74) is 1.36. The van der Waals surface area contributed by atoms with Crippen molar-refractivity contribution in [1.82, 2.24) is 9.78 Å². The van der Waals surface area contributed by atoms with Crippen molar-refractivity contribution in [2.24, 2.45) is 18.4 Å². The van der Waals surface area contributed by atoms with Gasteiger partial charge >= 0.3 is 0 Å². The molecule has 2 rings (SSSR count). The van der Waals surface area contributed by atoms with E-state index in [1.807, 2.05) is 17.8 Å². The highest BCUT2D eigenvalue weighted by Crippen LogP contribution is 2.43. The van der Waals surface area contributed by atoms with Gasteiger partial charge in [0.15, 0.2) is 0 Å². The molecule has 0 aliphatic heterocycles. The van der Waals surface area contributed by atoms with Crippen molar-refractivity contribution in [2.45, 2.75) is 46.0 Å². The third-order valence-electron chi connectivity index (χ3n) is 4.20. The molecule has 1 heterocycles. The molecule has 1 fully saturated rings. The summed E-state index contributed by atoms with van der Waals surface area (Å²) in [5.74, 6) is 0.712. The number of hydrogen-bond acceptors (Lipinski definition) is 2. The van der Waals surface area contributed by atoms with Crippen LogP contribution in [0.3, 0.4) is 0 Å². The number of Topliss-reactive ketones (excluding diaryl/α,β-unsaturated/α-hetero) is 1. The van der Waals surface area contributed by atoms with E-state index < -0.39 is 0 Å². The van der Waals surface area contributed by atoms with Crippen LogP contribution in [-0.2, 0) is 18.3 Å². The highest BCUT2D eigenvalue weighted by atomic mass is 16.1. The van der Waals surface area contributed by atoms with Gasteiger partial charge in [-0.3, -0.25) is 9.48 Å². The van der Waals surface area contributed by atoms with Gasteiger partial charge in [0.05, 0.1) is 0 Å². The summed E-state index contributed by atoms with van der Waals surface area (Å²) < 4.78 is 1.85. The first-order valence-corrected chi connectivity index (χ1v) is 6.50. The van der Waals surface area contributed by atoms with E-state index in [2.05, 4.69) is 18.9 Å². The molecular formula is C14H22N2O. The van der Waals surface area contributed by atoms with Gasteiger partial charge in [-0.1, -0.05) is 20.3 Å². The minimum absolute atomic E-state index is 0.212. The molecular weight excluding hydrogens is 212 g/mol. The van der Waals surface area contributed by atoms with Crippen molar-refractivity contribution >= 4 is 5.78 Å². The Morgan fingerprint density at radius 1 is 1.59 bits per heavy atom. The van der Waals surface area contributed by atoms with E-state index in [1.54, 1.807) is 6.20 Å². The zero-order valence-electron chi connectivity index (χ0n) is 11.1. The van der Waals surface area contributed by atoms with Gasteiger partial charge < -0.3 is 0 Å². The van der Waals surface area contributed by atoms with Crippen LogP contribution in [0.25, 0.3) is 0 Å². The number of hydrogen-bond donors (Lipinski definition) is 0. The highest BCUT2D eigenvalue weighted by Gasteiger charge is 2.38. The minimum Gasteiger partial charge on any atom is -0.299 e. The van der Waals surface area contributed by atoms with Crippen molar-refractivity contribution in [1.29, 1.82) is 0 Å². The Balaban J connectivity index is 1.92. The molecule has 1 aliphatic rings. The molecule has 0 amide bonds. The van der Waals surface area contributed by atoms with Crippen LogP contribution >= 0.6 is 0 Å². The van der Waals surface area contributed by atoms with Crippen LogP contribution in [-0.4, -0.2) is 15.6 Å². The lowest BCUT2D eigenvalue weighted by Gasteiger charge is -2.25. The summed E-state index contributed by atoms with van der Waals surface area (Å²) in [6.45, 7) is 4.46. The fourth-order valence-electron chi connectivity index (χ4n) is 3.00. The number of aryl methyl sites for hydroxylation is 2. The summed E-state index contributed by atoms with van der Waals surface area (Å²) >= 11 is 0. The summed E-state index contributed by atoms with van der Waals surface area (Å²) in [6.07, 6.45) is 6.75. The first-order chi connectivity index (χ1) is 8.00. The number of carbonyl (C=O) groups excluding carboxylic acids is 1. The Kier molecular flexibility index (Phi) is 3.36. The number of carbonyl (C=O) groups is 1. The minimum atomic E-state index is 0.212. The molecule has 3 heteroatoms. The zero-order valence-corrected chi connectivity index (χ0v) is 11.1. The SMILES string of the molecule is Cn1nccc1CCC(=O)C1CCCC1(C)C. The molecule has 0 spiro atoms. The summed E-state index contributed by atoms with van der Waals surface area (Å²) in [6, 6.07) is 1.99. The molecule has 1 saturated carbocycles. The van der Waals surface area contributed by atoms with E-state index in [0.29, 0.717) is 12.2 Å². The molecule has 1 aromatic heterocycles. The lowest BCUT2D eigenvalue weighted by molar-refractivity contribution is -0.125. The van der Waals surface area contributed by atoms with Crippen molar-refractivity contribution in [3.8, 4) is 0 Å². The van der Waals surface area contributed by atoms with Crippen LogP contribution in [0.4, 0.5) is 0 Å². The van der Waals surface area contributed by atoms with Crippen molar-refractivity contribution in [3.63, 3.8) is 0 Å². The van der Waals surface area contributed by atoms with Crippen molar-refractivity contribution < 1.29 is 4.79 Å². The van der Waals surface area contributed by atoms with Crippen LogP contribution in [0.2, 0.25) is 0 Å². The smallest absolute Gasteiger partial charge is 0.136 e. The first-order valence-electron chi connectivity index (χ1n) is 6.50. The van der Waals surface area contributed by atoms with Gasteiger partial charge in [-0.25, -0.2) is 0 Å². The monoisotopic (exact) mass is 234 g/mol. The molecule has 1 atom stereocenters. The van der Waals surface area contributed by atoms with E-state index in [4.69, 9.17) is 0 Å².